The zero-order valence-corrected chi connectivity index (χ0v) is 15.6. The van der Waals surface area contributed by atoms with Crippen LogP contribution in [0.5, 0.6) is 5.75 Å². The van der Waals surface area contributed by atoms with Gasteiger partial charge in [0.1, 0.15) is 5.75 Å². The maximum atomic E-state index is 12.6. The first-order valence-electron chi connectivity index (χ1n) is 7.80. The molecule has 0 aromatic heterocycles. The minimum absolute atomic E-state index is 0. The van der Waals surface area contributed by atoms with Crippen LogP contribution in [0.2, 0.25) is 0 Å². The van der Waals surface area contributed by atoms with E-state index in [2.05, 4.69) is 0 Å². The van der Waals surface area contributed by atoms with Crippen molar-refractivity contribution in [3.8, 4) is 5.75 Å². The first kappa shape index (κ1) is 20.2. The Morgan fingerprint density at radius 3 is 2.70 bits per heavy atom. The van der Waals surface area contributed by atoms with Crippen LogP contribution in [0.1, 0.15) is 32.3 Å². The summed E-state index contributed by atoms with van der Waals surface area (Å²) in [5.74, 6) is 1.15. The Balaban J connectivity index is 0.00000264. The topological polar surface area (TPSA) is 72.6 Å². The molecular weight excluding hydrogens is 336 g/mol. The summed E-state index contributed by atoms with van der Waals surface area (Å²) in [7, 11) is -1.86. The van der Waals surface area contributed by atoms with Crippen molar-refractivity contribution in [1.29, 1.82) is 0 Å². The second kappa shape index (κ2) is 8.33. The summed E-state index contributed by atoms with van der Waals surface area (Å²) in [5.41, 5.74) is 6.97. The number of benzene rings is 1. The lowest BCUT2D eigenvalue weighted by atomic mass is 10.0. The highest BCUT2D eigenvalue weighted by atomic mass is 35.5. The summed E-state index contributed by atoms with van der Waals surface area (Å²) in [6.07, 6.45) is 2.44. The lowest BCUT2D eigenvalue weighted by molar-refractivity contribution is 0.288. The van der Waals surface area contributed by atoms with Crippen LogP contribution in [0.4, 0.5) is 0 Å². The maximum Gasteiger partial charge on any atom is 0.242 e. The third-order valence-corrected chi connectivity index (χ3v) is 6.07. The Labute approximate surface area is 145 Å². The second-order valence-electron chi connectivity index (χ2n) is 6.24. The molecule has 0 aliphatic carbocycles. The number of nitrogens with zero attached hydrogens (tertiary/aromatic N) is 1. The SMILES string of the molecule is CC(C)C(N)CCN(C)S(=O)(=O)c1ccc2c(c1)CCCO2.Cl. The van der Waals surface area contributed by atoms with Crippen molar-refractivity contribution in [1.82, 2.24) is 4.31 Å². The van der Waals surface area contributed by atoms with E-state index in [0.29, 0.717) is 30.4 Å². The number of ether oxygens (including phenoxy) is 1. The zero-order valence-electron chi connectivity index (χ0n) is 14.0. The molecule has 0 spiro atoms. The number of fused-ring (bicyclic) bond motifs is 1. The standard InChI is InChI=1S/C16H26N2O3S.ClH/c1-12(2)15(17)8-9-18(3)22(19,20)14-6-7-16-13(11-14)5-4-10-21-16;/h6-7,11-12,15H,4-5,8-10,17H2,1-3H3;1H. The Hall–Kier alpha value is -0.820. The van der Waals surface area contributed by atoms with Crippen LogP contribution >= 0.6 is 12.4 Å². The van der Waals surface area contributed by atoms with Gasteiger partial charge in [-0.25, -0.2) is 12.7 Å². The number of nitrogens with two attached hydrogens (primary N) is 1. The maximum absolute atomic E-state index is 12.6. The van der Waals surface area contributed by atoms with Crippen LogP contribution in [0, 0.1) is 5.92 Å². The van der Waals surface area contributed by atoms with E-state index in [4.69, 9.17) is 10.5 Å². The first-order valence-corrected chi connectivity index (χ1v) is 9.24. The molecule has 0 fully saturated rings. The quantitative estimate of drug-likeness (QED) is 0.843. The van der Waals surface area contributed by atoms with Crippen LogP contribution in [0.25, 0.3) is 0 Å². The monoisotopic (exact) mass is 362 g/mol. The predicted molar refractivity (Wildman–Crippen MR) is 94.8 cm³/mol. The molecule has 7 heteroatoms. The van der Waals surface area contributed by atoms with Gasteiger partial charge in [0, 0.05) is 19.6 Å². The minimum Gasteiger partial charge on any atom is -0.493 e. The number of aryl methyl sites for hydroxylation is 1. The van der Waals surface area contributed by atoms with Crippen LogP contribution in [0.3, 0.4) is 0 Å². The Bertz CT molecular complexity index is 620. The minimum atomic E-state index is -3.47. The molecule has 1 aromatic rings. The second-order valence-corrected chi connectivity index (χ2v) is 8.29. The highest BCUT2D eigenvalue weighted by molar-refractivity contribution is 7.89. The fourth-order valence-corrected chi connectivity index (χ4v) is 3.70. The summed E-state index contributed by atoms with van der Waals surface area (Å²) in [6.45, 7) is 5.21. The summed E-state index contributed by atoms with van der Waals surface area (Å²) in [4.78, 5) is 0.331. The van der Waals surface area contributed by atoms with Crippen LogP contribution in [-0.4, -0.2) is 39.0 Å². The van der Waals surface area contributed by atoms with E-state index in [1.807, 2.05) is 13.8 Å². The van der Waals surface area contributed by atoms with Crippen LogP contribution in [-0.2, 0) is 16.4 Å². The van der Waals surface area contributed by atoms with E-state index in [1.54, 1.807) is 25.2 Å². The normalized spacial score (nSPS) is 15.7. The first-order chi connectivity index (χ1) is 10.3. The molecule has 1 unspecified atom stereocenters. The molecule has 1 aromatic carbocycles. The zero-order chi connectivity index (χ0) is 16.3. The lowest BCUT2D eigenvalue weighted by Gasteiger charge is -2.22. The number of halogens is 1. The summed E-state index contributed by atoms with van der Waals surface area (Å²) in [5, 5.41) is 0. The van der Waals surface area contributed by atoms with Gasteiger partial charge in [-0.05, 0) is 48.9 Å². The van der Waals surface area contributed by atoms with E-state index >= 15 is 0 Å². The average molecular weight is 363 g/mol. The van der Waals surface area contributed by atoms with Crippen molar-refractivity contribution in [3.63, 3.8) is 0 Å². The molecule has 23 heavy (non-hydrogen) atoms. The van der Waals surface area contributed by atoms with E-state index in [9.17, 15) is 8.42 Å². The highest BCUT2D eigenvalue weighted by Crippen LogP contribution is 2.28. The molecule has 5 nitrogen and oxygen atoms in total. The molecule has 2 N–H and O–H groups in total. The highest BCUT2D eigenvalue weighted by Gasteiger charge is 2.23. The van der Waals surface area contributed by atoms with Gasteiger partial charge in [-0.3, -0.25) is 0 Å². The van der Waals surface area contributed by atoms with Gasteiger partial charge in [-0.15, -0.1) is 12.4 Å². The van der Waals surface area contributed by atoms with E-state index < -0.39 is 10.0 Å². The fourth-order valence-electron chi connectivity index (χ4n) is 2.46. The number of hydrogen-bond acceptors (Lipinski definition) is 4. The molecule has 1 aliphatic rings. The van der Waals surface area contributed by atoms with Gasteiger partial charge in [0.05, 0.1) is 11.5 Å². The van der Waals surface area contributed by atoms with Gasteiger partial charge in [0.15, 0.2) is 0 Å². The Kier molecular flexibility index (Phi) is 7.32. The van der Waals surface area contributed by atoms with Crippen molar-refractivity contribution in [3.05, 3.63) is 23.8 Å². The van der Waals surface area contributed by atoms with E-state index in [0.717, 1.165) is 24.2 Å². The molecule has 0 bridgehead atoms. The lowest BCUT2D eigenvalue weighted by Crippen LogP contribution is -2.34. The fraction of sp³-hybridized carbons (Fsp3) is 0.625. The Morgan fingerprint density at radius 1 is 1.35 bits per heavy atom. The van der Waals surface area contributed by atoms with Crippen molar-refractivity contribution in [2.24, 2.45) is 11.7 Å². The van der Waals surface area contributed by atoms with Crippen molar-refractivity contribution >= 4 is 22.4 Å². The van der Waals surface area contributed by atoms with E-state index in [-0.39, 0.29) is 18.4 Å². The third kappa shape index (κ3) is 4.83. The summed E-state index contributed by atoms with van der Waals surface area (Å²) < 4.78 is 32.2. The number of rotatable bonds is 6. The molecule has 132 valence electrons. The molecule has 0 saturated heterocycles. The summed E-state index contributed by atoms with van der Waals surface area (Å²) in [6, 6.07) is 5.13. The van der Waals surface area contributed by atoms with Crippen molar-refractivity contribution in [2.45, 2.75) is 44.0 Å². The van der Waals surface area contributed by atoms with Gasteiger partial charge >= 0.3 is 0 Å². The molecule has 0 radical (unpaired) electrons. The molecule has 2 rings (SSSR count). The average Bonchev–Trinajstić information content (AvgIpc) is 2.51. The van der Waals surface area contributed by atoms with Gasteiger partial charge in [0.25, 0.3) is 0 Å². The predicted octanol–water partition coefficient (Wildman–Crippen LogP) is 2.43. The van der Waals surface area contributed by atoms with Gasteiger partial charge < -0.3 is 10.5 Å². The molecule has 1 aliphatic heterocycles. The molecule has 0 saturated carbocycles. The van der Waals surface area contributed by atoms with Gasteiger partial charge in [-0.2, -0.15) is 0 Å². The van der Waals surface area contributed by atoms with Crippen molar-refractivity contribution in [2.75, 3.05) is 20.2 Å². The van der Waals surface area contributed by atoms with Crippen LogP contribution < -0.4 is 10.5 Å². The smallest absolute Gasteiger partial charge is 0.242 e. The number of hydrogen-bond donors (Lipinski definition) is 1. The largest absolute Gasteiger partial charge is 0.493 e. The van der Waals surface area contributed by atoms with Gasteiger partial charge in [-0.1, -0.05) is 13.8 Å². The van der Waals surface area contributed by atoms with Crippen molar-refractivity contribution < 1.29 is 13.2 Å². The van der Waals surface area contributed by atoms with Gasteiger partial charge in [0.2, 0.25) is 10.0 Å². The Morgan fingerprint density at radius 2 is 2.04 bits per heavy atom. The van der Waals surface area contributed by atoms with Crippen LogP contribution in [0.15, 0.2) is 23.1 Å². The number of sulfonamides is 1. The molecular formula is C16H27ClN2O3S. The summed E-state index contributed by atoms with van der Waals surface area (Å²) >= 11 is 0. The van der Waals surface area contributed by atoms with E-state index in [1.165, 1.54) is 4.31 Å². The molecule has 1 heterocycles. The molecule has 1 atom stereocenters. The third-order valence-electron chi connectivity index (χ3n) is 4.22. The molecule has 0 amide bonds.